The van der Waals surface area contributed by atoms with E-state index in [4.69, 9.17) is 17.3 Å². The number of rotatable bonds is 2. The third-order valence-corrected chi connectivity index (χ3v) is 4.24. The number of benzene rings is 1. The number of carbonyl (C=O) groups excluding carboxylic acids is 1. The average Bonchev–Trinajstić information content (AvgIpc) is 2.43. The van der Waals surface area contributed by atoms with E-state index in [1.807, 2.05) is 6.92 Å². The number of nitro benzene ring substituents is 1. The maximum atomic E-state index is 12.6. The summed E-state index contributed by atoms with van der Waals surface area (Å²) in [5, 5.41) is 11.0. The first kappa shape index (κ1) is 15.6. The molecule has 2 rings (SSSR count). The van der Waals surface area contributed by atoms with Gasteiger partial charge in [-0.15, -0.1) is 0 Å². The van der Waals surface area contributed by atoms with Crippen molar-refractivity contribution in [3.63, 3.8) is 0 Å². The standard InChI is InChI=1S/C14H18ClN3O3/c1-8-3-4-9(2)17(7-8)14(19)10-5-11(15)13(16)12(6-10)18(20)21/h5-6,8-9H,3-4,7,16H2,1-2H3. The number of nitro groups is 1. The number of nitrogen functional groups attached to an aromatic ring is 1. The van der Waals surface area contributed by atoms with Crippen LogP contribution < -0.4 is 5.73 Å². The molecule has 1 aromatic rings. The largest absolute Gasteiger partial charge is 0.392 e. The molecule has 0 aliphatic carbocycles. The van der Waals surface area contributed by atoms with Crippen molar-refractivity contribution < 1.29 is 9.72 Å². The van der Waals surface area contributed by atoms with Gasteiger partial charge in [-0.3, -0.25) is 14.9 Å². The van der Waals surface area contributed by atoms with Crippen LogP contribution in [-0.4, -0.2) is 28.3 Å². The van der Waals surface area contributed by atoms with Crippen LogP contribution in [0.5, 0.6) is 0 Å². The van der Waals surface area contributed by atoms with Gasteiger partial charge < -0.3 is 10.6 Å². The number of hydrogen-bond donors (Lipinski definition) is 1. The highest BCUT2D eigenvalue weighted by Crippen LogP contribution is 2.32. The highest BCUT2D eigenvalue weighted by molar-refractivity contribution is 6.34. The van der Waals surface area contributed by atoms with E-state index in [1.165, 1.54) is 12.1 Å². The number of nitrogens with two attached hydrogens (primary N) is 1. The fraction of sp³-hybridized carbons (Fsp3) is 0.500. The molecular weight excluding hydrogens is 294 g/mol. The predicted molar refractivity (Wildman–Crippen MR) is 81.4 cm³/mol. The fourth-order valence-corrected chi connectivity index (χ4v) is 2.83. The molecule has 1 aliphatic rings. The minimum Gasteiger partial charge on any atom is -0.392 e. The Balaban J connectivity index is 2.37. The Hall–Kier alpha value is -1.82. The second-order valence-electron chi connectivity index (χ2n) is 5.64. The fourth-order valence-electron chi connectivity index (χ4n) is 2.62. The highest BCUT2D eigenvalue weighted by Gasteiger charge is 2.29. The molecule has 1 fully saturated rings. The zero-order chi connectivity index (χ0) is 15.7. The molecule has 1 aromatic carbocycles. The summed E-state index contributed by atoms with van der Waals surface area (Å²) in [6.07, 6.45) is 2.01. The van der Waals surface area contributed by atoms with Crippen molar-refractivity contribution in [2.24, 2.45) is 5.92 Å². The monoisotopic (exact) mass is 311 g/mol. The molecule has 0 aromatic heterocycles. The second-order valence-corrected chi connectivity index (χ2v) is 6.04. The zero-order valence-corrected chi connectivity index (χ0v) is 12.8. The lowest BCUT2D eigenvalue weighted by Gasteiger charge is -2.36. The van der Waals surface area contributed by atoms with Gasteiger partial charge in [0.05, 0.1) is 9.95 Å². The number of halogens is 1. The van der Waals surface area contributed by atoms with Crippen LogP contribution in [0, 0.1) is 16.0 Å². The molecule has 0 bridgehead atoms. The number of anilines is 1. The van der Waals surface area contributed by atoms with Crippen molar-refractivity contribution in [2.75, 3.05) is 12.3 Å². The first-order chi connectivity index (χ1) is 9.81. The number of amides is 1. The normalized spacial score (nSPS) is 22.1. The van der Waals surface area contributed by atoms with Crippen LogP contribution in [0.4, 0.5) is 11.4 Å². The highest BCUT2D eigenvalue weighted by atomic mass is 35.5. The Morgan fingerprint density at radius 1 is 1.43 bits per heavy atom. The Bertz CT molecular complexity index is 591. The number of hydrogen-bond acceptors (Lipinski definition) is 4. The molecule has 0 radical (unpaired) electrons. The third-order valence-electron chi connectivity index (χ3n) is 3.93. The molecule has 1 aliphatic heterocycles. The van der Waals surface area contributed by atoms with E-state index in [9.17, 15) is 14.9 Å². The second kappa shape index (κ2) is 5.89. The van der Waals surface area contributed by atoms with Gasteiger partial charge in [-0.05, 0) is 31.7 Å². The first-order valence-electron chi connectivity index (χ1n) is 6.85. The van der Waals surface area contributed by atoms with Gasteiger partial charge in [-0.25, -0.2) is 0 Å². The molecule has 0 saturated carbocycles. The number of nitrogens with zero attached hydrogens (tertiary/aromatic N) is 2. The van der Waals surface area contributed by atoms with Gasteiger partial charge in [0.15, 0.2) is 0 Å². The van der Waals surface area contributed by atoms with E-state index >= 15 is 0 Å². The minimum absolute atomic E-state index is 0.0326. The Morgan fingerprint density at radius 2 is 2.10 bits per heavy atom. The predicted octanol–water partition coefficient (Wildman–Crippen LogP) is 3.09. The van der Waals surface area contributed by atoms with Gasteiger partial charge in [0.2, 0.25) is 0 Å². The summed E-state index contributed by atoms with van der Waals surface area (Å²) in [6.45, 7) is 4.72. The van der Waals surface area contributed by atoms with Gasteiger partial charge in [-0.1, -0.05) is 18.5 Å². The summed E-state index contributed by atoms with van der Waals surface area (Å²) < 4.78 is 0. The molecule has 7 heteroatoms. The van der Waals surface area contributed by atoms with Crippen molar-refractivity contribution in [3.05, 3.63) is 32.8 Å². The van der Waals surface area contributed by atoms with E-state index in [-0.39, 0.29) is 33.9 Å². The number of likely N-dealkylation sites (tertiary alicyclic amines) is 1. The van der Waals surface area contributed by atoms with Gasteiger partial charge in [0.25, 0.3) is 11.6 Å². The van der Waals surface area contributed by atoms with Gasteiger partial charge >= 0.3 is 0 Å². The summed E-state index contributed by atoms with van der Waals surface area (Å²) in [5.74, 6) is 0.184. The average molecular weight is 312 g/mol. The molecule has 6 nitrogen and oxygen atoms in total. The molecule has 0 spiro atoms. The Kier molecular flexibility index (Phi) is 4.37. The van der Waals surface area contributed by atoms with E-state index in [0.717, 1.165) is 12.8 Å². The zero-order valence-electron chi connectivity index (χ0n) is 12.0. The van der Waals surface area contributed by atoms with Gasteiger partial charge in [0.1, 0.15) is 5.69 Å². The van der Waals surface area contributed by atoms with E-state index in [2.05, 4.69) is 6.92 Å². The SMILES string of the molecule is CC1CCC(C)N(C(=O)c2cc(Cl)c(N)c([N+](=O)[O-])c2)C1. The summed E-state index contributed by atoms with van der Waals surface area (Å²) in [7, 11) is 0. The topological polar surface area (TPSA) is 89.5 Å². The summed E-state index contributed by atoms with van der Waals surface area (Å²) in [5.41, 5.74) is 5.35. The summed E-state index contributed by atoms with van der Waals surface area (Å²) in [6, 6.07) is 2.72. The van der Waals surface area contributed by atoms with Gasteiger partial charge in [0, 0.05) is 24.2 Å². The van der Waals surface area contributed by atoms with Crippen LogP contribution in [0.25, 0.3) is 0 Å². The molecular formula is C14H18ClN3O3. The molecule has 2 N–H and O–H groups in total. The Morgan fingerprint density at radius 3 is 2.71 bits per heavy atom. The third kappa shape index (κ3) is 3.10. The maximum absolute atomic E-state index is 12.6. The van der Waals surface area contributed by atoms with Crippen LogP contribution in [0.15, 0.2) is 12.1 Å². The maximum Gasteiger partial charge on any atom is 0.294 e. The van der Waals surface area contributed by atoms with Crippen molar-refractivity contribution in [1.29, 1.82) is 0 Å². The van der Waals surface area contributed by atoms with Crippen molar-refractivity contribution in [3.8, 4) is 0 Å². The lowest BCUT2D eigenvalue weighted by molar-refractivity contribution is -0.383. The van der Waals surface area contributed by atoms with Crippen LogP contribution in [0.3, 0.4) is 0 Å². The summed E-state index contributed by atoms with van der Waals surface area (Å²) in [4.78, 5) is 24.7. The molecule has 1 heterocycles. The summed E-state index contributed by atoms with van der Waals surface area (Å²) >= 11 is 5.91. The van der Waals surface area contributed by atoms with Crippen molar-refractivity contribution in [2.45, 2.75) is 32.7 Å². The quantitative estimate of drug-likeness (QED) is 0.516. The van der Waals surface area contributed by atoms with Crippen molar-refractivity contribution >= 4 is 28.9 Å². The smallest absolute Gasteiger partial charge is 0.294 e. The molecule has 21 heavy (non-hydrogen) atoms. The molecule has 2 unspecified atom stereocenters. The van der Waals surface area contributed by atoms with Crippen LogP contribution >= 0.6 is 11.6 Å². The van der Waals surface area contributed by atoms with Crippen LogP contribution in [0.1, 0.15) is 37.0 Å². The Labute approximate surface area is 128 Å². The van der Waals surface area contributed by atoms with E-state index in [1.54, 1.807) is 4.90 Å². The van der Waals surface area contributed by atoms with Crippen LogP contribution in [-0.2, 0) is 0 Å². The van der Waals surface area contributed by atoms with Crippen LogP contribution in [0.2, 0.25) is 5.02 Å². The minimum atomic E-state index is -0.625. The number of carbonyl (C=O) groups is 1. The lowest BCUT2D eigenvalue weighted by atomic mass is 9.94. The van der Waals surface area contributed by atoms with E-state index in [0.29, 0.717) is 12.5 Å². The lowest BCUT2D eigenvalue weighted by Crippen LogP contribution is -2.44. The molecule has 114 valence electrons. The van der Waals surface area contributed by atoms with Gasteiger partial charge in [-0.2, -0.15) is 0 Å². The van der Waals surface area contributed by atoms with E-state index < -0.39 is 4.92 Å². The molecule has 2 atom stereocenters. The van der Waals surface area contributed by atoms with Crippen molar-refractivity contribution in [1.82, 2.24) is 4.90 Å². The molecule has 1 amide bonds. The first-order valence-corrected chi connectivity index (χ1v) is 7.23. The molecule has 1 saturated heterocycles. The number of piperidine rings is 1.